The highest BCUT2D eigenvalue weighted by Gasteiger charge is 2.47. The van der Waals surface area contributed by atoms with E-state index in [9.17, 15) is 9.90 Å². The van der Waals surface area contributed by atoms with Crippen LogP contribution in [0.15, 0.2) is 90.5 Å². The molecule has 2 heterocycles. The molecule has 6 nitrogen and oxygen atoms in total. The normalized spacial score (nSPS) is 12.9. The Hall–Kier alpha value is -4.98. The van der Waals surface area contributed by atoms with Gasteiger partial charge in [-0.05, 0) is 97.3 Å². The van der Waals surface area contributed by atoms with Gasteiger partial charge >= 0.3 is 11.9 Å². The van der Waals surface area contributed by atoms with E-state index in [1.54, 1.807) is 12.1 Å². The molecule has 0 unspecified atom stereocenters. The Morgan fingerprint density at radius 3 is 1.74 bits per heavy atom. The monoisotopic (exact) mass is 752 g/mol. The van der Waals surface area contributed by atoms with Crippen molar-refractivity contribution in [1.82, 2.24) is 0 Å². The number of unbranched alkanes of at least 4 members (excludes halogenated alkanes) is 6. The van der Waals surface area contributed by atoms with Crippen LogP contribution in [0, 0.1) is 11.3 Å². The largest absolute Gasteiger partial charge is 0.494 e. The lowest BCUT2D eigenvalue weighted by molar-refractivity contribution is -0.132. The van der Waals surface area contributed by atoms with Crippen LogP contribution in [0.2, 0.25) is 0 Å². The van der Waals surface area contributed by atoms with E-state index in [-0.39, 0.29) is 11.1 Å². The van der Waals surface area contributed by atoms with Crippen LogP contribution in [0.3, 0.4) is 0 Å². The molecule has 53 heavy (non-hydrogen) atoms. The first kappa shape index (κ1) is 37.8. The number of ether oxygens (including phenoxy) is 2. The minimum Gasteiger partial charge on any atom is -0.494 e. The molecule has 1 aliphatic rings. The fourth-order valence-corrected chi connectivity index (χ4v) is 8.78. The molecule has 0 saturated carbocycles. The summed E-state index contributed by atoms with van der Waals surface area (Å²) in [5.41, 5.74) is 2.87. The summed E-state index contributed by atoms with van der Waals surface area (Å²) in [6.07, 6.45) is 10.3. The molecule has 0 spiro atoms. The minimum absolute atomic E-state index is 0.0564. The van der Waals surface area contributed by atoms with Crippen molar-refractivity contribution in [3.05, 3.63) is 107 Å². The fourth-order valence-electron chi connectivity index (χ4n) is 6.29. The summed E-state index contributed by atoms with van der Waals surface area (Å²) in [4.78, 5) is 15.3. The Morgan fingerprint density at radius 2 is 1.25 bits per heavy atom. The van der Waals surface area contributed by atoms with Gasteiger partial charge in [0.05, 0.1) is 23.0 Å². The lowest BCUT2D eigenvalue weighted by Crippen LogP contribution is -2.10. The Morgan fingerprint density at radius 1 is 0.755 bits per heavy atom. The predicted octanol–water partition coefficient (Wildman–Crippen LogP) is 13.0. The number of anilines is 3. The molecule has 5 aromatic rings. The zero-order chi connectivity index (χ0) is 37.4. The second kappa shape index (κ2) is 17.2. The van der Waals surface area contributed by atoms with Crippen LogP contribution in [-0.2, 0) is 10.7 Å². The van der Waals surface area contributed by atoms with Crippen LogP contribution in [0.4, 0.5) is 25.8 Å². The summed E-state index contributed by atoms with van der Waals surface area (Å²) in [6, 6.07) is 28.4. The molecule has 0 bridgehead atoms. The second-order valence-electron chi connectivity index (χ2n) is 13.0. The minimum atomic E-state index is -3.23. The van der Waals surface area contributed by atoms with Crippen LogP contribution < -0.4 is 14.4 Å². The second-order valence-corrected chi connectivity index (χ2v) is 15.1. The van der Waals surface area contributed by atoms with E-state index in [4.69, 9.17) is 14.7 Å². The van der Waals surface area contributed by atoms with Gasteiger partial charge in [-0.2, -0.15) is 14.0 Å². The first-order chi connectivity index (χ1) is 25.7. The maximum atomic E-state index is 15.7. The predicted molar refractivity (Wildman–Crippen MR) is 211 cm³/mol. The van der Waals surface area contributed by atoms with Crippen LogP contribution in [-0.4, -0.2) is 24.3 Å². The number of hydrogen-bond acceptors (Lipinski definition) is 7. The molecule has 0 amide bonds. The Kier molecular flexibility index (Phi) is 12.3. The summed E-state index contributed by atoms with van der Waals surface area (Å²) in [7, 11) is 0. The first-order valence-electron chi connectivity index (χ1n) is 18.1. The molecule has 0 atom stereocenters. The molecule has 0 radical (unpaired) electrons. The standard InChI is InChI=1S/C43H42F2N2O4S2/c1-3-5-7-9-23-50-34-19-15-32(16-20-34)47(33-17-21-35(22-18-33)51-24-10-8-6-4-2)31-13-11-29(12-14-31)39-27-38-41(53-39)40-37(43(38,44)45)26-36(52-40)25-30(28-46)42(48)49/h11-22,25-27H,3-10,23-24H2,1-2H3,(H,48,49)/b30-25-. The zero-order valence-electron chi connectivity index (χ0n) is 29.9. The van der Waals surface area contributed by atoms with Gasteiger partial charge in [-0.25, -0.2) is 4.79 Å². The van der Waals surface area contributed by atoms with E-state index in [1.165, 1.54) is 43.1 Å². The average molecular weight is 753 g/mol. The van der Waals surface area contributed by atoms with E-state index in [0.29, 0.717) is 32.7 Å². The van der Waals surface area contributed by atoms with E-state index < -0.39 is 17.5 Å². The van der Waals surface area contributed by atoms with Gasteiger partial charge in [-0.3, -0.25) is 0 Å². The molecule has 0 fully saturated rings. The number of hydrogen-bond donors (Lipinski definition) is 1. The van der Waals surface area contributed by atoms with Crippen LogP contribution in [0.5, 0.6) is 11.5 Å². The van der Waals surface area contributed by atoms with Gasteiger partial charge in [0.25, 0.3) is 0 Å². The Labute approximate surface area is 317 Å². The van der Waals surface area contributed by atoms with Gasteiger partial charge in [0.1, 0.15) is 23.1 Å². The van der Waals surface area contributed by atoms with Crippen LogP contribution in [0.25, 0.3) is 26.3 Å². The number of fused-ring (bicyclic) bond motifs is 3. The van der Waals surface area contributed by atoms with E-state index >= 15 is 8.78 Å². The molecule has 1 N–H and O–H groups in total. The van der Waals surface area contributed by atoms with E-state index in [0.717, 1.165) is 77.2 Å². The number of alkyl halides is 2. The van der Waals surface area contributed by atoms with Gasteiger partial charge in [0.2, 0.25) is 0 Å². The molecule has 274 valence electrons. The maximum absolute atomic E-state index is 15.7. The number of aliphatic carboxylic acids is 1. The van der Waals surface area contributed by atoms with Crippen molar-refractivity contribution in [2.24, 2.45) is 0 Å². The molecule has 6 rings (SSSR count). The van der Waals surface area contributed by atoms with E-state index in [2.05, 4.69) is 18.7 Å². The fraction of sp³-hybridized carbons (Fsp3) is 0.302. The van der Waals surface area contributed by atoms with Crippen LogP contribution >= 0.6 is 22.7 Å². The quantitative estimate of drug-likeness (QED) is 0.0545. The number of benzene rings is 3. The van der Waals surface area contributed by atoms with Crippen molar-refractivity contribution in [2.75, 3.05) is 18.1 Å². The third-order valence-electron chi connectivity index (χ3n) is 9.14. The number of halogens is 2. The summed E-state index contributed by atoms with van der Waals surface area (Å²) >= 11 is 2.35. The number of rotatable bonds is 18. The molecular formula is C43H42F2N2O4S2. The number of carboxylic acid groups (broad SMARTS) is 1. The number of nitriles is 1. The molecule has 1 aliphatic carbocycles. The smallest absolute Gasteiger partial charge is 0.346 e. The topological polar surface area (TPSA) is 82.8 Å². The molecule has 3 aromatic carbocycles. The summed E-state index contributed by atoms with van der Waals surface area (Å²) in [5.74, 6) is -2.99. The van der Waals surface area contributed by atoms with Gasteiger partial charge in [0, 0.05) is 37.9 Å². The molecular weight excluding hydrogens is 711 g/mol. The van der Waals surface area contributed by atoms with E-state index in [1.807, 2.05) is 72.8 Å². The Balaban J connectivity index is 1.26. The van der Waals surface area contributed by atoms with Gasteiger partial charge in [0.15, 0.2) is 0 Å². The molecule has 0 aliphatic heterocycles. The first-order valence-corrected chi connectivity index (χ1v) is 19.7. The summed E-state index contributed by atoms with van der Waals surface area (Å²) < 4.78 is 43.4. The number of carboxylic acids is 1. The molecule has 0 saturated heterocycles. The molecule has 10 heteroatoms. The highest BCUT2D eigenvalue weighted by molar-refractivity contribution is 7.24. The van der Waals surface area contributed by atoms with Gasteiger partial charge < -0.3 is 19.5 Å². The third kappa shape index (κ3) is 8.64. The maximum Gasteiger partial charge on any atom is 0.346 e. The average Bonchev–Trinajstić information content (AvgIpc) is 3.85. The van der Waals surface area contributed by atoms with Gasteiger partial charge in [-0.15, -0.1) is 22.7 Å². The number of nitrogens with zero attached hydrogens (tertiary/aromatic N) is 2. The Bertz CT molecular complexity index is 2020. The van der Waals surface area contributed by atoms with Crippen LogP contribution in [0.1, 0.15) is 81.2 Å². The van der Waals surface area contributed by atoms with Crippen molar-refractivity contribution in [3.8, 4) is 37.8 Å². The van der Waals surface area contributed by atoms with Crippen molar-refractivity contribution in [1.29, 1.82) is 5.26 Å². The highest BCUT2D eigenvalue weighted by Crippen LogP contribution is 2.58. The van der Waals surface area contributed by atoms with Crippen molar-refractivity contribution < 1.29 is 28.2 Å². The van der Waals surface area contributed by atoms with Crippen molar-refractivity contribution >= 4 is 51.8 Å². The van der Waals surface area contributed by atoms with Crippen molar-refractivity contribution in [2.45, 2.75) is 71.1 Å². The summed E-state index contributed by atoms with van der Waals surface area (Å²) in [5, 5.41) is 18.4. The SMILES string of the molecule is CCCCCCOc1ccc(N(c2ccc(OCCCCCC)cc2)c2ccc(-c3cc4c(s3)-c3sc(/C=C(/C#N)C(=O)O)cc3C4(F)F)cc2)cc1. The lowest BCUT2D eigenvalue weighted by atomic mass is 10.1. The zero-order valence-corrected chi connectivity index (χ0v) is 31.5. The van der Waals surface area contributed by atoms with Crippen molar-refractivity contribution in [3.63, 3.8) is 0 Å². The highest BCUT2D eigenvalue weighted by atomic mass is 32.1. The molecule has 2 aromatic heterocycles. The lowest BCUT2D eigenvalue weighted by Gasteiger charge is -2.26. The third-order valence-corrected chi connectivity index (χ3v) is 11.6. The van der Waals surface area contributed by atoms with Gasteiger partial charge in [-0.1, -0.05) is 64.5 Å². The number of thiophene rings is 2. The summed E-state index contributed by atoms with van der Waals surface area (Å²) in [6.45, 7) is 5.75. The number of carbonyl (C=O) groups is 1.